The summed E-state index contributed by atoms with van der Waals surface area (Å²) >= 11 is 1.54. The van der Waals surface area contributed by atoms with E-state index < -0.39 is 0 Å². The van der Waals surface area contributed by atoms with Gasteiger partial charge in [-0.15, -0.1) is 11.3 Å². The molecule has 3 rings (SSSR count). The molecule has 0 bridgehead atoms. The fourth-order valence-electron chi connectivity index (χ4n) is 2.78. The number of carbonyl (C=O) groups is 1. The van der Waals surface area contributed by atoms with E-state index in [0.717, 1.165) is 46.4 Å². The first kappa shape index (κ1) is 20.0. The Labute approximate surface area is 169 Å². The molecule has 5 nitrogen and oxygen atoms in total. The molecule has 0 unspecified atom stereocenters. The standard InChI is InChI=1S/C22H25N3O2S/c1-3-23-14-16-6-5-7-18(12-16)24-21(26)13-19-15-28-22(25-19)17-8-10-20(11-9-17)27-4-2/h5-12,15,23H,3-4,13-14H2,1-2H3,(H,24,26). The monoisotopic (exact) mass is 395 g/mol. The van der Waals surface area contributed by atoms with Gasteiger partial charge in [0.15, 0.2) is 0 Å². The fraction of sp³-hybridized carbons (Fsp3) is 0.273. The number of carbonyl (C=O) groups excluding carboxylic acids is 1. The molecule has 3 aromatic rings. The van der Waals surface area contributed by atoms with Gasteiger partial charge in [-0.05, 0) is 55.4 Å². The summed E-state index contributed by atoms with van der Waals surface area (Å²) in [4.78, 5) is 17.0. The second kappa shape index (κ2) is 10.0. The lowest BCUT2D eigenvalue weighted by Crippen LogP contribution is -2.15. The smallest absolute Gasteiger partial charge is 0.230 e. The first-order valence-corrected chi connectivity index (χ1v) is 10.3. The Hall–Kier alpha value is -2.70. The molecular weight excluding hydrogens is 370 g/mol. The van der Waals surface area contributed by atoms with Crippen LogP contribution >= 0.6 is 11.3 Å². The normalized spacial score (nSPS) is 10.6. The van der Waals surface area contributed by atoms with Crippen molar-refractivity contribution in [1.82, 2.24) is 10.3 Å². The molecule has 6 heteroatoms. The van der Waals surface area contributed by atoms with Gasteiger partial charge in [-0.1, -0.05) is 19.1 Å². The lowest BCUT2D eigenvalue weighted by Gasteiger charge is -2.07. The summed E-state index contributed by atoms with van der Waals surface area (Å²) in [5.74, 6) is 0.780. The Balaban J connectivity index is 1.59. The van der Waals surface area contributed by atoms with E-state index in [2.05, 4.69) is 22.5 Å². The average molecular weight is 396 g/mol. The lowest BCUT2D eigenvalue weighted by atomic mass is 10.2. The minimum absolute atomic E-state index is 0.0656. The summed E-state index contributed by atoms with van der Waals surface area (Å²) in [5, 5.41) is 9.08. The zero-order valence-corrected chi connectivity index (χ0v) is 17.0. The predicted octanol–water partition coefficient (Wildman–Crippen LogP) is 4.50. The van der Waals surface area contributed by atoms with E-state index in [9.17, 15) is 4.79 Å². The number of benzene rings is 2. The molecule has 0 aliphatic rings. The maximum Gasteiger partial charge on any atom is 0.230 e. The number of anilines is 1. The van der Waals surface area contributed by atoms with Crippen LogP contribution in [0.5, 0.6) is 5.75 Å². The molecule has 146 valence electrons. The van der Waals surface area contributed by atoms with Crippen molar-refractivity contribution < 1.29 is 9.53 Å². The van der Waals surface area contributed by atoms with Crippen LogP contribution in [0.15, 0.2) is 53.9 Å². The molecule has 1 heterocycles. The van der Waals surface area contributed by atoms with Gasteiger partial charge in [-0.2, -0.15) is 0 Å². The number of aromatic nitrogens is 1. The molecule has 0 spiro atoms. The Morgan fingerprint density at radius 1 is 1.14 bits per heavy atom. The first-order chi connectivity index (χ1) is 13.7. The van der Waals surface area contributed by atoms with Crippen molar-refractivity contribution in [2.24, 2.45) is 0 Å². The van der Waals surface area contributed by atoms with Crippen LogP contribution in [0.25, 0.3) is 10.6 Å². The van der Waals surface area contributed by atoms with Gasteiger partial charge in [0.05, 0.1) is 18.7 Å². The van der Waals surface area contributed by atoms with Crippen LogP contribution in [0, 0.1) is 0 Å². The van der Waals surface area contributed by atoms with E-state index in [4.69, 9.17) is 4.74 Å². The Bertz CT molecular complexity index is 906. The molecule has 1 aromatic heterocycles. The van der Waals surface area contributed by atoms with Gasteiger partial charge in [0.1, 0.15) is 10.8 Å². The average Bonchev–Trinajstić information content (AvgIpc) is 3.16. The topological polar surface area (TPSA) is 63.2 Å². The van der Waals surface area contributed by atoms with E-state index in [1.807, 2.05) is 60.8 Å². The molecular formula is C22H25N3O2S. The number of nitrogens with one attached hydrogen (secondary N) is 2. The van der Waals surface area contributed by atoms with Crippen LogP contribution in [0.4, 0.5) is 5.69 Å². The van der Waals surface area contributed by atoms with Crippen molar-refractivity contribution in [2.75, 3.05) is 18.5 Å². The number of ether oxygens (including phenoxy) is 1. The molecule has 2 aromatic carbocycles. The van der Waals surface area contributed by atoms with Gasteiger partial charge in [-0.3, -0.25) is 4.79 Å². The molecule has 0 saturated heterocycles. The van der Waals surface area contributed by atoms with Crippen molar-refractivity contribution in [2.45, 2.75) is 26.8 Å². The van der Waals surface area contributed by atoms with Gasteiger partial charge in [0.25, 0.3) is 0 Å². The molecule has 2 N–H and O–H groups in total. The van der Waals surface area contributed by atoms with Crippen LogP contribution in [-0.4, -0.2) is 24.0 Å². The van der Waals surface area contributed by atoms with Crippen LogP contribution in [0.2, 0.25) is 0 Å². The van der Waals surface area contributed by atoms with Crippen LogP contribution in [0.3, 0.4) is 0 Å². The highest BCUT2D eigenvalue weighted by molar-refractivity contribution is 7.13. The highest BCUT2D eigenvalue weighted by atomic mass is 32.1. The number of rotatable bonds is 9. The highest BCUT2D eigenvalue weighted by Crippen LogP contribution is 2.26. The Morgan fingerprint density at radius 2 is 1.96 bits per heavy atom. The second-order valence-electron chi connectivity index (χ2n) is 6.31. The summed E-state index contributed by atoms with van der Waals surface area (Å²) in [6.07, 6.45) is 0.255. The van der Waals surface area contributed by atoms with Crippen LogP contribution < -0.4 is 15.4 Å². The van der Waals surface area contributed by atoms with Crippen LogP contribution in [-0.2, 0) is 17.8 Å². The largest absolute Gasteiger partial charge is 0.494 e. The highest BCUT2D eigenvalue weighted by Gasteiger charge is 2.10. The quantitative estimate of drug-likeness (QED) is 0.560. The number of thiazole rings is 1. The van der Waals surface area contributed by atoms with E-state index in [1.54, 1.807) is 11.3 Å². The third-order valence-electron chi connectivity index (χ3n) is 4.10. The molecule has 28 heavy (non-hydrogen) atoms. The Morgan fingerprint density at radius 3 is 2.71 bits per heavy atom. The number of nitrogens with zero attached hydrogens (tertiary/aromatic N) is 1. The second-order valence-corrected chi connectivity index (χ2v) is 7.17. The van der Waals surface area contributed by atoms with Gasteiger partial charge in [-0.25, -0.2) is 4.98 Å². The third-order valence-corrected chi connectivity index (χ3v) is 5.04. The molecule has 0 atom stereocenters. The number of amides is 1. The molecule has 0 saturated carbocycles. The summed E-state index contributed by atoms with van der Waals surface area (Å²) in [7, 11) is 0. The van der Waals surface area contributed by atoms with Gasteiger partial charge in [0.2, 0.25) is 5.91 Å². The predicted molar refractivity (Wildman–Crippen MR) is 115 cm³/mol. The molecule has 0 fully saturated rings. The number of hydrogen-bond donors (Lipinski definition) is 2. The van der Waals surface area contributed by atoms with Crippen molar-refractivity contribution >= 4 is 22.9 Å². The van der Waals surface area contributed by atoms with Crippen molar-refractivity contribution in [3.8, 4) is 16.3 Å². The summed E-state index contributed by atoms with van der Waals surface area (Å²) < 4.78 is 5.47. The minimum Gasteiger partial charge on any atom is -0.494 e. The van der Waals surface area contributed by atoms with Crippen LogP contribution in [0.1, 0.15) is 25.1 Å². The summed E-state index contributed by atoms with van der Waals surface area (Å²) in [6, 6.07) is 15.7. The molecule has 0 radical (unpaired) electrons. The maximum absolute atomic E-state index is 12.4. The Kier molecular flexibility index (Phi) is 7.17. The van der Waals surface area contributed by atoms with Crippen molar-refractivity contribution in [1.29, 1.82) is 0 Å². The van der Waals surface area contributed by atoms with E-state index in [0.29, 0.717) is 6.61 Å². The van der Waals surface area contributed by atoms with Gasteiger partial charge < -0.3 is 15.4 Å². The van der Waals surface area contributed by atoms with E-state index in [1.165, 1.54) is 0 Å². The molecule has 0 aliphatic heterocycles. The number of hydrogen-bond acceptors (Lipinski definition) is 5. The minimum atomic E-state index is -0.0656. The first-order valence-electron chi connectivity index (χ1n) is 9.45. The van der Waals surface area contributed by atoms with Gasteiger partial charge in [0, 0.05) is 23.2 Å². The molecule has 0 aliphatic carbocycles. The zero-order chi connectivity index (χ0) is 19.8. The summed E-state index contributed by atoms with van der Waals surface area (Å²) in [6.45, 7) is 6.38. The summed E-state index contributed by atoms with van der Waals surface area (Å²) in [5.41, 5.74) is 3.75. The van der Waals surface area contributed by atoms with Crippen molar-refractivity contribution in [3.05, 3.63) is 65.2 Å². The maximum atomic E-state index is 12.4. The zero-order valence-electron chi connectivity index (χ0n) is 16.2. The fourth-order valence-corrected chi connectivity index (χ4v) is 3.61. The van der Waals surface area contributed by atoms with E-state index in [-0.39, 0.29) is 12.3 Å². The molecule has 1 amide bonds. The van der Waals surface area contributed by atoms with E-state index >= 15 is 0 Å². The third kappa shape index (κ3) is 5.65. The van der Waals surface area contributed by atoms with Gasteiger partial charge >= 0.3 is 0 Å². The van der Waals surface area contributed by atoms with Crippen molar-refractivity contribution in [3.63, 3.8) is 0 Å². The SMILES string of the molecule is CCNCc1cccc(NC(=O)Cc2csc(-c3ccc(OCC)cc3)n2)c1. The lowest BCUT2D eigenvalue weighted by molar-refractivity contribution is -0.115.